The van der Waals surface area contributed by atoms with E-state index < -0.39 is 12.0 Å². The van der Waals surface area contributed by atoms with Crippen molar-refractivity contribution < 1.29 is 23.8 Å². The zero-order valence-corrected chi connectivity index (χ0v) is 14.2. The highest BCUT2D eigenvalue weighted by molar-refractivity contribution is 5.96. The Morgan fingerprint density at radius 2 is 2.15 bits per heavy atom. The summed E-state index contributed by atoms with van der Waals surface area (Å²) in [5, 5.41) is 9.52. The van der Waals surface area contributed by atoms with E-state index in [2.05, 4.69) is 14.9 Å². The lowest BCUT2D eigenvalue weighted by Crippen LogP contribution is -2.48. The molecule has 4 heterocycles. The van der Waals surface area contributed by atoms with Crippen LogP contribution in [0, 0.1) is 0 Å². The van der Waals surface area contributed by atoms with Crippen LogP contribution in [0.25, 0.3) is 0 Å². The lowest BCUT2D eigenvalue weighted by atomic mass is 10.0. The number of fused-ring (bicyclic) bond motifs is 1. The van der Waals surface area contributed by atoms with Gasteiger partial charge in [-0.1, -0.05) is 0 Å². The maximum Gasteiger partial charge on any atom is 0.326 e. The van der Waals surface area contributed by atoms with Crippen LogP contribution in [-0.2, 0) is 29.0 Å². The van der Waals surface area contributed by atoms with E-state index in [4.69, 9.17) is 9.15 Å². The molecule has 0 bridgehead atoms. The van der Waals surface area contributed by atoms with E-state index in [1.54, 1.807) is 6.07 Å². The van der Waals surface area contributed by atoms with Gasteiger partial charge in [0.1, 0.15) is 18.1 Å². The average Bonchev–Trinajstić information content (AvgIpc) is 3.29. The number of furan rings is 1. The van der Waals surface area contributed by atoms with Crippen LogP contribution in [0.5, 0.6) is 0 Å². The van der Waals surface area contributed by atoms with Gasteiger partial charge in [-0.05, 0) is 6.07 Å². The van der Waals surface area contributed by atoms with Crippen LogP contribution in [0.2, 0.25) is 0 Å². The molecule has 1 fully saturated rings. The Balaban J connectivity index is 1.50. The maximum absolute atomic E-state index is 12.9. The van der Waals surface area contributed by atoms with Crippen LogP contribution in [0.3, 0.4) is 0 Å². The van der Waals surface area contributed by atoms with Gasteiger partial charge in [0.15, 0.2) is 0 Å². The molecule has 2 aliphatic heterocycles. The van der Waals surface area contributed by atoms with E-state index in [0.29, 0.717) is 36.8 Å². The van der Waals surface area contributed by atoms with Crippen molar-refractivity contribution in [1.29, 1.82) is 0 Å². The fourth-order valence-electron chi connectivity index (χ4n) is 3.39. The van der Waals surface area contributed by atoms with Crippen molar-refractivity contribution in [2.75, 3.05) is 26.3 Å². The number of carboxylic acid groups (broad SMARTS) is 1. The molecule has 1 amide bonds. The Bertz CT molecular complexity index is 808. The number of carboxylic acids is 1. The molecule has 0 spiro atoms. The second-order valence-corrected chi connectivity index (χ2v) is 6.51. The molecule has 2 aliphatic rings. The van der Waals surface area contributed by atoms with Gasteiger partial charge in [-0.15, -0.1) is 0 Å². The third-order valence-corrected chi connectivity index (χ3v) is 4.83. The molecule has 0 saturated carbocycles. The number of ether oxygens (including phenoxy) is 1. The fourth-order valence-corrected chi connectivity index (χ4v) is 3.39. The van der Waals surface area contributed by atoms with E-state index in [1.807, 2.05) is 0 Å². The molecule has 0 radical (unpaired) electrons. The molecule has 2 N–H and O–H groups in total. The molecule has 9 heteroatoms. The molecule has 0 unspecified atom stereocenters. The first-order valence-electron chi connectivity index (χ1n) is 8.54. The average molecular weight is 360 g/mol. The second-order valence-electron chi connectivity index (χ2n) is 6.51. The number of amides is 1. The Kier molecular flexibility index (Phi) is 4.48. The highest BCUT2D eigenvalue weighted by Gasteiger charge is 2.36. The molecule has 1 saturated heterocycles. The SMILES string of the molecule is O=C(O)[C@@H]1Cc2nc[nH]c2CN1C(=O)c1coc(CN2CCOCC2)c1. The number of aromatic amines is 1. The van der Waals surface area contributed by atoms with Crippen LogP contribution < -0.4 is 0 Å². The Hall–Kier alpha value is -2.65. The second kappa shape index (κ2) is 6.93. The van der Waals surface area contributed by atoms with E-state index in [1.165, 1.54) is 17.5 Å². The number of carbonyl (C=O) groups excluding carboxylic acids is 1. The molecule has 2 aromatic heterocycles. The third-order valence-electron chi connectivity index (χ3n) is 4.83. The summed E-state index contributed by atoms with van der Waals surface area (Å²) in [5.74, 6) is -0.708. The number of hydrogen-bond acceptors (Lipinski definition) is 6. The monoisotopic (exact) mass is 360 g/mol. The molecule has 4 rings (SSSR count). The molecule has 0 aliphatic carbocycles. The summed E-state index contributed by atoms with van der Waals surface area (Å²) in [6, 6.07) is 0.759. The number of hydrogen-bond donors (Lipinski definition) is 2. The van der Waals surface area contributed by atoms with Gasteiger partial charge in [0, 0.05) is 19.5 Å². The number of morpholine rings is 1. The van der Waals surface area contributed by atoms with E-state index >= 15 is 0 Å². The van der Waals surface area contributed by atoms with E-state index in [9.17, 15) is 14.7 Å². The molecule has 1 atom stereocenters. The Morgan fingerprint density at radius 1 is 1.35 bits per heavy atom. The van der Waals surface area contributed by atoms with Gasteiger partial charge in [-0.25, -0.2) is 9.78 Å². The molecule has 0 aromatic carbocycles. The number of rotatable bonds is 4. The van der Waals surface area contributed by atoms with Gasteiger partial charge < -0.3 is 24.1 Å². The number of nitrogens with zero attached hydrogens (tertiary/aromatic N) is 3. The summed E-state index contributed by atoms with van der Waals surface area (Å²) in [6.07, 6.45) is 3.12. The fraction of sp³-hybridized carbons (Fsp3) is 0.471. The molecular formula is C17H20N4O5. The number of nitrogens with one attached hydrogen (secondary N) is 1. The maximum atomic E-state index is 12.9. The number of imidazole rings is 1. The number of aromatic nitrogens is 2. The topological polar surface area (TPSA) is 112 Å². The lowest BCUT2D eigenvalue weighted by molar-refractivity contribution is -0.142. The van der Waals surface area contributed by atoms with Gasteiger partial charge in [0.25, 0.3) is 5.91 Å². The largest absolute Gasteiger partial charge is 0.480 e. The standard InChI is InChI=1S/C17H20N4O5/c22-16(11-5-12(26-9-11)7-20-1-3-25-4-2-20)21-8-14-13(18-10-19-14)6-15(21)17(23)24/h5,9-10,15H,1-4,6-8H2,(H,18,19)(H,23,24)/t15-/m0/s1. The summed E-state index contributed by atoms with van der Waals surface area (Å²) < 4.78 is 10.9. The predicted octanol–water partition coefficient (Wildman–Crippen LogP) is 0.487. The quantitative estimate of drug-likeness (QED) is 0.816. The highest BCUT2D eigenvalue weighted by atomic mass is 16.5. The summed E-state index contributed by atoms with van der Waals surface area (Å²) >= 11 is 0. The Morgan fingerprint density at radius 3 is 2.92 bits per heavy atom. The number of aliphatic carboxylic acids is 1. The van der Waals surface area contributed by atoms with Crippen molar-refractivity contribution in [2.45, 2.75) is 25.6 Å². The minimum atomic E-state index is -1.04. The molecule has 9 nitrogen and oxygen atoms in total. The smallest absolute Gasteiger partial charge is 0.326 e. The van der Waals surface area contributed by atoms with E-state index in [0.717, 1.165) is 18.8 Å². The Labute approximate surface area is 149 Å². The van der Waals surface area contributed by atoms with Crippen molar-refractivity contribution in [3.8, 4) is 0 Å². The predicted molar refractivity (Wildman–Crippen MR) is 88.4 cm³/mol. The summed E-state index contributed by atoms with van der Waals surface area (Å²) in [5.41, 5.74) is 1.83. The number of H-pyrrole nitrogens is 1. The van der Waals surface area contributed by atoms with Crippen LogP contribution in [-0.4, -0.2) is 69.1 Å². The van der Waals surface area contributed by atoms with Crippen LogP contribution in [0.1, 0.15) is 27.5 Å². The van der Waals surface area contributed by atoms with Gasteiger partial charge >= 0.3 is 5.97 Å². The summed E-state index contributed by atoms with van der Waals surface area (Å²) in [6.45, 7) is 3.80. The zero-order chi connectivity index (χ0) is 18.1. The molecular weight excluding hydrogens is 340 g/mol. The van der Waals surface area contributed by atoms with Gasteiger partial charge in [0.2, 0.25) is 0 Å². The van der Waals surface area contributed by atoms with Crippen molar-refractivity contribution in [3.63, 3.8) is 0 Å². The van der Waals surface area contributed by atoms with Crippen LogP contribution in [0.4, 0.5) is 0 Å². The minimum Gasteiger partial charge on any atom is -0.480 e. The van der Waals surface area contributed by atoms with Crippen LogP contribution >= 0.6 is 0 Å². The van der Waals surface area contributed by atoms with E-state index in [-0.39, 0.29) is 18.9 Å². The third kappa shape index (κ3) is 3.23. The number of carbonyl (C=O) groups is 2. The summed E-state index contributed by atoms with van der Waals surface area (Å²) in [4.78, 5) is 35.2. The van der Waals surface area contributed by atoms with Crippen molar-refractivity contribution >= 4 is 11.9 Å². The minimum absolute atomic E-state index is 0.190. The molecule has 138 valence electrons. The van der Waals surface area contributed by atoms with Crippen molar-refractivity contribution in [1.82, 2.24) is 19.8 Å². The summed E-state index contributed by atoms with van der Waals surface area (Å²) in [7, 11) is 0. The van der Waals surface area contributed by atoms with Gasteiger partial charge in [-0.3, -0.25) is 9.69 Å². The first kappa shape index (κ1) is 16.8. The first-order valence-corrected chi connectivity index (χ1v) is 8.54. The van der Waals surface area contributed by atoms with Crippen molar-refractivity contribution in [2.24, 2.45) is 0 Å². The van der Waals surface area contributed by atoms with Crippen LogP contribution in [0.15, 0.2) is 23.1 Å². The normalized spacial score (nSPS) is 20.8. The van der Waals surface area contributed by atoms with Crippen molar-refractivity contribution in [3.05, 3.63) is 41.4 Å². The molecule has 2 aromatic rings. The van der Waals surface area contributed by atoms with Gasteiger partial charge in [-0.2, -0.15) is 0 Å². The lowest BCUT2D eigenvalue weighted by Gasteiger charge is -2.32. The first-order chi connectivity index (χ1) is 12.6. The zero-order valence-electron chi connectivity index (χ0n) is 14.2. The highest BCUT2D eigenvalue weighted by Crippen LogP contribution is 2.24. The molecule has 26 heavy (non-hydrogen) atoms. The van der Waals surface area contributed by atoms with Gasteiger partial charge in [0.05, 0.1) is 49.6 Å².